The zero-order valence-electron chi connectivity index (χ0n) is 22.9. The fraction of sp³-hybridized carbons (Fsp3) is 0.516. The zero-order chi connectivity index (χ0) is 27.1. The van der Waals surface area contributed by atoms with E-state index < -0.39 is 6.10 Å². The van der Waals surface area contributed by atoms with Crippen molar-refractivity contribution in [2.45, 2.75) is 71.5 Å². The first-order valence-electron chi connectivity index (χ1n) is 14.0. The number of aliphatic hydroxyl groups excluding tert-OH is 1. The van der Waals surface area contributed by atoms with Crippen molar-refractivity contribution in [3.8, 4) is 11.4 Å². The van der Waals surface area contributed by atoms with Crippen LogP contribution >= 0.6 is 0 Å². The van der Waals surface area contributed by atoms with Crippen LogP contribution in [-0.2, 0) is 4.74 Å². The molecule has 206 valence electrons. The van der Waals surface area contributed by atoms with Crippen LogP contribution in [0.5, 0.6) is 5.75 Å². The van der Waals surface area contributed by atoms with Gasteiger partial charge in [0.25, 0.3) is 5.56 Å². The molecule has 2 aliphatic rings. The Morgan fingerprint density at radius 2 is 1.87 bits per heavy atom. The van der Waals surface area contributed by atoms with Crippen molar-refractivity contribution >= 4 is 16.5 Å². The molecule has 3 heterocycles. The minimum atomic E-state index is -0.511. The Labute approximate surface area is 225 Å². The summed E-state index contributed by atoms with van der Waals surface area (Å²) >= 11 is 0. The number of hydrogen-bond donors (Lipinski definition) is 1. The second-order valence-electron chi connectivity index (χ2n) is 10.5. The van der Waals surface area contributed by atoms with E-state index in [2.05, 4.69) is 25.7 Å². The van der Waals surface area contributed by atoms with Gasteiger partial charge in [0, 0.05) is 37.3 Å². The molecule has 0 bridgehead atoms. The first kappa shape index (κ1) is 28.1. The minimum Gasteiger partial charge on any atom is -0.491 e. The lowest BCUT2D eigenvalue weighted by atomic mass is 10.1. The van der Waals surface area contributed by atoms with Gasteiger partial charge >= 0.3 is 0 Å². The van der Waals surface area contributed by atoms with Crippen LogP contribution in [0.25, 0.3) is 16.5 Å². The number of fused-ring (bicyclic) bond motifs is 1. The van der Waals surface area contributed by atoms with Crippen molar-refractivity contribution in [3.05, 3.63) is 64.8 Å². The van der Waals surface area contributed by atoms with Gasteiger partial charge in [0.05, 0.1) is 17.5 Å². The molecule has 38 heavy (non-hydrogen) atoms. The standard InChI is InChI=1S/C25H27FN2O4.C6H14/c1-16-6-9-27(14-16)22-5-2-18(13-21(22)26)28-10-7-17-12-19(3-4-20(17)25(28)30)32-15-24-23(29)8-11-31-24;1-3-5-6-4-2/h2-5,7,10,12-13,16,23-24,29H,6,8-9,11,14-15H2,1H3;3-6H2,1-2H3/t16?,23?,24-;/m1./s1. The second kappa shape index (κ2) is 13.3. The van der Waals surface area contributed by atoms with Gasteiger partial charge in [-0.15, -0.1) is 0 Å². The van der Waals surface area contributed by atoms with E-state index in [1.165, 1.54) is 36.3 Å². The number of ether oxygens (including phenoxy) is 2. The summed E-state index contributed by atoms with van der Waals surface area (Å²) in [6.07, 6.45) is 8.03. The van der Waals surface area contributed by atoms with Gasteiger partial charge in [-0.25, -0.2) is 4.39 Å². The highest BCUT2D eigenvalue weighted by Gasteiger charge is 2.26. The summed E-state index contributed by atoms with van der Waals surface area (Å²) in [5, 5.41) is 11.1. The lowest BCUT2D eigenvalue weighted by molar-refractivity contribution is 0.0110. The van der Waals surface area contributed by atoms with Gasteiger partial charge in [0.2, 0.25) is 0 Å². The highest BCUT2D eigenvalue weighted by atomic mass is 19.1. The number of hydrogen-bond acceptors (Lipinski definition) is 5. The number of halogens is 1. The summed E-state index contributed by atoms with van der Waals surface area (Å²) in [6.45, 7) is 9.12. The van der Waals surface area contributed by atoms with E-state index >= 15 is 0 Å². The van der Waals surface area contributed by atoms with E-state index in [1.54, 1.807) is 36.5 Å². The molecule has 0 spiro atoms. The molecular weight excluding hydrogens is 483 g/mol. The summed E-state index contributed by atoms with van der Waals surface area (Å²) < 4.78 is 27.5. The van der Waals surface area contributed by atoms with Crippen LogP contribution in [0.2, 0.25) is 0 Å². The molecule has 2 unspecified atom stereocenters. The monoisotopic (exact) mass is 524 g/mol. The van der Waals surface area contributed by atoms with Crippen LogP contribution < -0.4 is 15.2 Å². The third kappa shape index (κ3) is 6.75. The van der Waals surface area contributed by atoms with Crippen molar-refractivity contribution in [3.63, 3.8) is 0 Å². The average Bonchev–Trinajstić information content (AvgIpc) is 3.54. The SMILES string of the molecule is CC1CCN(c2ccc(-n3ccc4cc(OC[C@H]5OCCC5O)ccc4c3=O)cc2F)C1.CCCCCC. The maximum Gasteiger partial charge on any atom is 0.262 e. The summed E-state index contributed by atoms with van der Waals surface area (Å²) in [7, 11) is 0. The molecule has 0 amide bonds. The van der Waals surface area contributed by atoms with Gasteiger partial charge < -0.3 is 19.5 Å². The smallest absolute Gasteiger partial charge is 0.262 e. The number of aromatic nitrogens is 1. The van der Waals surface area contributed by atoms with E-state index in [4.69, 9.17) is 9.47 Å². The van der Waals surface area contributed by atoms with Crippen LogP contribution in [0, 0.1) is 11.7 Å². The number of pyridine rings is 1. The molecule has 2 saturated heterocycles. The largest absolute Gasteiger partial charge is 0.491 e. The van der Waals surface area contributed by atoms with Gasteiger partial charge in [-0.2, -0.15) is 0 Å². The van der Waals surface area contributed by atoms with Gasteiger partial charge in [0.15, 0.2) is 0 Å². The molecule has 0 radical (unpaired) electrons. The molecule has 6 nitrogen and oxygen atoms in total. The highest BCUT2D eigenvalue weighted by molar-refractivity contribution is 5.83. The zero-order valence-corrected chi connectivity index (χ0v) is 22.9. The Balaban J connectivity index is 0.000000505. The summed E-state index contributed by atoms with van der Waals surface area (Å²) in [5.74, 6) is 0.845. The molecule has 2 fully saturated rings. The second-order valence-corrected chi connectivity index (χ2v) is 10.5. The van der Waals surface area contributed by atoms with Gasteiger partial charge in [-0.3, -0.25) is 9.36 Å². The van der Waals surface area contributed by atoms with E-state index in [0.29, 0.717) is 41.5 Å². The van der Waals surface area contributed by atoms with Crippen LogP contribution in [-0.4, -0.2) is 48.2 Å². The third-order valence-corrected chi connectivity index (χ3v) is 7.40. The summed E-state index contributed by atoms with van der Waals surface area (Å²) in [4.78, 5) is 15.1. The molecule has 2 aromatic carbocycles. The molecule has 1 aromatic heterocycles. The number of benzene rings is 2. The third-order valence-electron chi connectivity index (χ3n) is 7.40. The fourth-order valence-corrected chi connectivity index (χ4v) is 5.05. The average molecular weight is 525 g/mol. The van der Waals surface area contributed by atoms with E-state index in [9.17, 15) is 14.3 Å². The van der Waals surface area contributed by atoms with Crippen LogP contribution in [0.3, 0.4) is 0 Å². The van der Waals surface area contributed by atoms with Crippen LogP contribution in [0.4, 0.5) is 10.1 Å². The number of nitrogens with zero attached hydrogens (tertiary/aromatic N) is 2. The Hall–Kier alpha value is -2.90. The molecule has 0 aliphatic carbocycles. The topological polar surface area (TPSA) is 63.9 Å². The molecule has 2 aliphatic heterocycles. The fourth-order valence-electron chi connectivity index (χ4n) is 5.05. The van der Waals surface area contributed by atoms with Gasteiger partial charge in [-0.1, -0.05) is 46.5 Å². The van der Waals surface area contributed by atoms with Crippen molar-refractivity contribution < 1.29 is 19.0 Å². The van der Waals surface area contributed by atoms with Crippen LogP contribution in [0.1, 0.15) is 59.3 Å². The normalized spacial score (nSPS) is 21.0. The predicted octanol–water partition coefficient (Wildman–Crippen LogP) is 6.09. The van der Waals surface area contributed by atoms with Crippen molar-refractivity contribution in [1.82, 2.24) is 4.57 Å². The van der Waals surface area contributed by atoms with Crippen LogP contribution in [0.15, 0.2) is 53.5 Å². The summed E-state index contributed by atoms with van der Waals surface area (Å²) in [5.41, 5.74) is 0.869. The van der Waals surface area contributed by atoms with E-state index in [1.807, 2.05) is 6.07 Å². The Morgan fingerprint density at radius 3 is 2.50 bits per heavy atom. The highest BCUT2D eigenvalue weighted by Crippen LogP contribution is 2.28. The van der Waals surface area contributed by atoms with Gasteiger partial charge in [0.1, 0.15) is 24.3 Å². The molecule has 0 saturated carbocycles. The van der Waals surface area contributed by atoms with Crippen molar-refractivity contribution in [2.75, 3.05) is 31.2 Å². The Morgan fingerprint density at radius 1 is 1.08 bits per heavy atom. The maximum absolute atomic E-state index is 14.9. The lowest BCUT2D eigenvalue weighted by Gasteiger charge is -2.19. The van der Waals surface area contributed by atoms with Gasteiger partial charge in [-0.05, 0) is 60.5 Å². The van der Waals surface area contributed by atoms with E-state index in [0.717, 1.165) is 24.9 Å². The van der Waals surface area contributed by atoms with Crippen molar-refractivity contribution in [1.29, 1.82) is 0 Å². The van der Waals surface area contributed by atoms with Crippen molar-refractivity contribution in [2.24, 2.45) is 5.92 Å². The van der Waals surface area contributed by atoms with E-state index in [-0.39, 0.29) is 24.1 Å². The Kier molecular flexibility index (Phi) is 9.80. The predicted molar refractivity (Wildman–Crippen MR) is 151 cm³/mol. The minimum absolute atomic E-state index is 0.217. The molecular formula is C31H41FN2O4. The Bertz CT molecular complexity index is 1260. The number of rotatable bonds is 8. The lowest BCUT2D eigenvalue weighted by Crippen LogP contribution is -2.27. The number of aliphatic hydroxyl groups is 1. The number of unbranched alkanes of at least 4 members (excludes halogenated alkanes) is 3. The maximum atomic E-state index is 14.9. The first-order chi connectivity index (χ1) is 18.4. The number of anilines is 1. The first-order valence-corrected chi connectivity index (χ1v) is 14.0. The molecule has 7 heteroatoms. The summed E-state index contributed by atoms with van der Waals surface area (Å²) in [6, 6.07) is 12.0. The molecule has 3 atom stereocenters. The molecule has 1 N–H and O–H groups in total. The molecule has 3 aromatic rings. The quantitative estimate of drug-likeness (QED) is 0.361. The molecule has 5 rings (SSSR count).